The van der Waals surface area contributed by atoms with E-state index in [4.69, 9.17) is 0 Å². The van der Waals surface area contributed by atoms with Crippen molar-refractivity contribution in [1.82, 2.24) is 5.32 Å². The number of unbranched alkanes of at least 4 members (excludes halogenated alkanes) is 13. The highest BCUT2D eigenvalue weighted by atomic mass is 16.3. The van der Waals surface area contributed by atoms with Gasteiger partial charge in [-0.3, -0.25) is 4.79 Å². The molecule has 0 heterocycles. The van der Waals surface area contributed by atoms with Crippen LogP contribution in [0.4, 0.5) is 0 Å². The third kappa shape index (κ3) is 31.6. The molecule has 0 spiro atoms. The number of allylic oxidation sites excluding steroid dienone is 10. The van der Waals surface area contributed by atoms with E-state index in [9.17, 15) is 20.1 Å². The van der Waals surface area contributed by atoms with Gasteiger partial charge >= 0.3 is 0 Å². The molecule has 0 saturated heterocycles. The van der Waals surface area contributed by atoms with E-state index >= 15 is 0 Å². The Labute approximate surface area is 277 Å². The summed E-state index contributed by atoms with van der Waals surface area (Å²) in [6, 6.07) is -0.719. The largest absolute Gasteiger partial charge is 0.394 e. The van der Waals surface area contributed by atoms with Gasteiger partial charge in [0.1, 0.15) is 0 Å². The lowest BCUT2D eigenvalue weighted by Gasteiger charge is -2.20. The molecule has 0 bridgehead atoms. The number of amides is 1. The van der Waals surface area contributed by atoms with Crippen molar-refractivity contribution < 1.29 is 20.1 Å². The molecule has 258 valence electrons. The van der Waals surface area contributed by atoms with Crippen LogP contribution in [0.2, 0.25) is 0 Å². The summed E-state index contributed by atoms with van der Waals surface area (Å²) in [5.41, 5.74) is 0. The predicted molar refractivity (Wildman–Crippen MR) is 194 cm³/mol. The third-order valence-electron chi connectivity index (χ3n) is 7.80. The van der Waals surface area contributed by atoms with Gasteiger partial charge in [0, 0.05) is 6.42 Å². The van der Waals surface area contributed by atoms with Crippen molar-refractivity contribution in [2.75, 3.05) is 6.61 Å². The maximum Gasteiger partial charge on any atom is 0.220 e. The monoisotopic (exact) mass is 628 g/mol. The summed E-state index contributed by atoms with van der Waals surface area (Å²) in [6.45, 7) is 4.08. The molecule has 0 aliphatic heterocycles. The topological polar surface area (TPSA) is 89.8 Å². The highest BCUT2D eigenvalue weighted by Crippen LogP contribution is 2.13. The fourth-order valence-electron chi connectivity index (χ4n) is 4.97. The van der Waals surface area contributed by atoms with Crippen LogP contribution in [0.15, 0.2) is 72.9 Å². The average molecular weight is 628 g/mol. The van der Waals surface area contributed by atoms with Crippen LogP contribution in [-0.2, 0) is 4.79 Å². The Kier molecular flexibility index (Phi) is 33.0. The van der Waals surface area contributed by atoms with Gasteiger partial charge in [0.15, 0.2) is 0 Å². The van der Waals surface area contributed by atoms with Crippen molar-refractivity contribution in [2.24, 2.45) is 0 Å². The van der Waals surface area contributed by atoms with E-state index in [1.54, 1.807) is 12.2 Å². The lowest BCUT2D eigenvalue weighted by molar-refractivity contribution is -0.123. The summed E-state index contributed by atoms with van der Waals surface area (Å²) >= 11 is 0. The van der Waals surface area contributed by atoms with Crippen LogP contribution in [-0.4, -0.2) is 46.1 Å². The molecule has 0 radical (unpaired) electrons. The molecule has 5 nitrogen and oxygen atoms in total. The lowest BCUT2D eigenvalue weighted by atomic mass is 10.0. The van der Waals surface area contributed by atoms with Crippen LogP contribution in [0.5, 0.6) is 0 Å². The van der Waals surface area contributed by atoms with Gasteiger partial charge in [-0.05, 0) is 51.4 Å². The maximum atomic E-state index is 12.3. The molecule has 0 aliphatic rings. The Morgan fingerprint density at radius 2 is 1.16 bits per heavy atom. The van der Waals surface area contributed by atoms with E-state index in [1.807, 2.05) is 24.3 Å². The number of aliphatic hydroxyl groups excluding tert-OH is 3. The number of rotatable bonds is 31. The Hall–Kier alpha value is -2.21. The molecule has 3 atom stereocenters. The van der Waals surface area contributed by atoms with Crippen LogP contribution in [0.3, 0.4) is 0 Å². The van der Waals surface area contributed by atoms with E-state index in [1.165, 1.54) is 77.0 Å². The van der Waals surface area contributed by atoms with Crippen LogP contribution in [0.25, 0.3) is 0 Å². The van der Waals surface area contributed by atoms with Crippen LogP contribution < -0.4 is 5.32 Å². The van der Waals surface area contributed by atoms with Crippen molar-refractivity contribution in [3.8, 4) is 0 Å². The summed E-state index contributed by atoms with van der Waals surface area (Å²) in [7, 11) is 0. The highest BCUT2D eigenvalue weighted by Gasteiger charge is 2.18. The van der Waals surface area contributed by atoms with E-state index in [-0.39, 0.29) is 18.9 Å². The first-order valence-electron chi connectivity index (χ1n) is 18.3. The summed E-state index contributed by atoms with van der Waals surface area (Å²) < 4.78 is 0. The Bertz CT molecular complexity index is 826. The summed E-state index contributed by atoms with van der Waals surface area (Å²) in [4.78, 5) is 12.3. The number of hydrogen-bond donors (Lipinski definition) is 4. The first-order valence-corrected chi connectivity index (χ1v) is 18.3. The van der Waals surface area contributed by atoms with E-state index < -0.39 is 18.2 Å². The molecule has 0 aliphatic carbocycles. The third-order valence-corrected chi connectivity index (χ3v) is 7.80. The summed E-state index contributed by atoms with van der Waals surface area (Å²) in [6.07, 6.45) is 45.8. The fraction of sp³-hybridized carbons (Fsp3) is 0.675. The van der Waals surface area contributed by atoms with Crippen molar-refractivity contribution >= 4 is 5.91 Å². The van der Waals surface area contributed by atoms with Gasteiger partial charge in [-0.1, -0.05) is 164 Å². The summed E-state index contributed by atoms with van der Waals surface area (Å²) in [5, 5.41) is 32.9. The zero-order valence-corrected chi connectivity index (χ0v) is 29.0. The molecule has 0 saturated carbocycles. The van der Waals surface area contributed by atoms with Crippen molar-refractivity contribution in [3.63, 3.8) is 0 Å². The van der Waals surface area contributed by atoms with Gasteiger partial charge in [0.05, 0.1) is 24.9 Å². The van der Waals surface area contributed by atoms with Crippen molar-refractivity contribution in [1.29, 1.82) is 0 Å². The smallest absolute Gasteiger partial charge is 0.220 e. The lowest BCUT2D eigenvalue weighted by Crippen LogP contribution is -2.45. The van der Waals surface area contributed by atoms with Gasteiger partial charge in [0.25, 0.3) is 0 Å². The minimum absolute atomic E-state index is 0.229. The molecular formula is C40H69NO4. The molecule has 0 aromatic carbocycles. The van der Waals surface area contributed by atoms with E-state index in [0.717, 1.165) is 38.5 Å². The van der Waals surface area contributed by atoms with Crippen LogP contribution in [0, 0.1) is 0 Å². The SMILES string of the molecule is CC/C=C\C/C=C\C/C=C\C/C=C\C=C\C(O)CCCC(=O)N[C@@H](CO)[C@H](O)/C=C/CCCCCCCCCCCCCCC. The van der Waals surface area contributed by atoms with Crippen LogP contribution >= 0.6 is 0 Å². The molecule has 0 aromatic rings. The first-order chi connectivity index (χ1) is 22.0. The molecule has 0 fully saturated rings. The van der Waals surface area contributed by atoms with E-state index in [2.05, 4.69) is 55.6 Å². The molecule has 1 unspecified atom stereocenters. The molecule has 0 aromatic heterocycles. The number of nitrogens with one attached hydrogen (secondary N) is 1. The van der Waals surface area contributed by atoms with Crippen molar-refractivity contribution in [2.45, 2.75) is 167 Å². The molecule has 5 heteroatoms. The first kappa shape index (κ1) is 42.8. The number of hydrogen-bond acceptors (Lipinski definition) is 4. The Balaban J connectivity index is 3.90. The average Bonchev–Trinajstić information content (AvgIpc) is 3.03. The minimum Gasteiger partial charge on any atom is -0.394 e. The zero-order chi connectivity index (χ0) is 33.1. The van der Waals surface area contributed by atoms with Crippen LogP contribution in [0.1, 0.15) is 149 Å². The molecule has 4 N–H and O–H groups in total. The Morgan fingerprint density at radius 3 is 1.71 bits per heavy atom. The second-order valence-electron chi connectivity index (χ2n) is 12.1. The summed E-state index contributed by atoms with van der Waals surface area (Å²) in [5.74, 6) is -0.229. The highest BCUT2D eigenvalue weighted by molar-refractivity contribution is 5.76. The maximum absolute atomic E-state index is 12.3. The second-order valence-corrected chi connectivity index (χ2v) is 12.1. The normalized spacial score (nSPS) is 14.7. The standard InChI is InChI=1S/C40H69NO4/c1-3-5-7-9-11-13-15-17-18-20-22-24-26-28-30-34-39(44)38(36-42)41-40(45)35-31-33-37(43)32-29-27-25-23-21-19-16-14-12-10-8-6-4-2/h6,8,12,14,19,21,25,27,29-30,32,34,37-39,42-44H,3-5,7,9-11,13,15-18,20,22-24,26,28,31,33,35-36H2,1-2H3,(H,41,45)/b8-6-,14-12-,21-19-,27-25-,32-29+,34-30+/t37?,38-,39+/m0/s1. The van der Waals surface area contributed by atoms with Crippen molar-refractivity contribution in [3.05, 3.63) is 72.9 Å². The second kappa shape index (κ2) is 34.7. The number of carbonyl (C=O) groups is 1. The molecule has 1 amide bonds. The van der Waals surface area contributed by atoms with Gasteiger partial charge in [0.2, 0.25) is 5.91 Å². The Morgan fingerprint density at radius 1 is 0.622 bits per heavy atom. The van der Waals surface area contributed by atoms with Gasteiger partial charge in [-0.15, -0.1) is 0 Å². The molecule has 45 heavy (non-hydrogen) atoms. The quantitative estimate of drug-likeness (QED) is 0.0350. The predicted octanol–water partition coefficient (Wildman–Crippen LogP) is 9.75. The molecular weight excluding hydrogens is 558 g/mol. The number of aliphatic hydroxyl groups is 3. The minimum atomic E-state index is -0.916. The number of carbonyl (C=O) groups excluding carboxylic acids is 1. The molecule has 0 rings (SSSR count). The zero-order valence-electron chi connectivity index (χ0n) is 29.0. The van der Waals surface area contributed by atoms with Gasteiger partial charge < -0.3 is 20.6 Å². The van der Waals surface area contributed by atoms with Gasteiger partial charge in [-0.2, -0.15) is 0 Å². The van der Waals surface area contributed by atoms with E-state index in [0.29, 0.717) is 12.8 Å². The fourth-order valence-corrected chi connectivity index (χ4v) is 4.97. The van der Waals surface area contributed by atoms with Gasteiger partial charge in [-0.25, -0.2) is 0 Å².